The third-order valence-electron chi connectivity index (χ3n) is 5.58. The van der Waals surface area contributed by atoms with Crippen LogP contribution in [0.25, 0.3) is 11.1 Å². The van der Waals surface area contributed by atoms with Gasteiger partial charge in [-0.05, 0) is 53.6 Å². The van der Waals surface area contributed by atoms with Gasteiger partial charge in [0.25, 0.3) is 11.8 Å². The van der Waals surface area contributed by atoms with E-state index < -0.39 is 11.7 Å². The number of piperidine rings is 1. The van der Waals surface area contributed by atoms with Crippen molar-refractivity contribution < 1.29 is 22.8 Å². The van der Waals surface area contributed by atoms with E-state index in [9.17, 15) is 22.8 Å². The maximum Gasteiger partial charge on any atom is 0.416 e. The van der Waals surface area contributed by atoms with Crippen molar-refractivity contribution in [2.75, 3.05) is 13.1 Å². The van der Waals surface area contributed by atoms with Crippen molar-refractivity contribution in [3.8, 4) is 11.1 Å². The highest BCUT2D eigenvalue weighted by Gasteiger charge is 2.30. The molecule has 0 radical (unpaired) electrons. The van der Waals surface area contributed by atoms with Gasteiger partial charge in [-0.2, -0.15) is 24.5 Å². The number of hydrogen-bond donors (Lipinski definition) is 1. The number of hydrogen-bond acceptors (Lipinski definition) is 3. The lowest BCUT2D eigenvalue weighted by molar-refractivity contribution is -0.137. The first-order chi connectivity index (χ1) is 15.3. The van der Waals surface area contributed by atoms with Crippen LogP contribution in [0.15, 0.2) is 65.4 Å². The lowest BCUT2D eigenvalue weighted by Gasteiger charge is -2.33. The molecule has 3 aromatic rings. The van der Waals surface area contributed by atoms with Crippen molar-refractivity contribution in [1.82, 2.24) is 10.2 Å². The second-order valence-corrected chi connectivity index (χ2v) is 8.45. The molecular formula is C24H21F3N2O2S. The van der Waals surface area contributed by atoms with Crippen LogP contribution >= 0.6 is 11.3 Å². The molecule has 2 heterocycles. The van der Waals surface area contributed by atoms with Gasteiger partial charge in [0.05, 0.1) is 5.56 Å². The molecule has 0 saturated carbocycles. The lowest BCUT2D eigenvalue weighted by atomic mass is 9.96. The number of benzene rings is 2. The second-order valence-electron chi connectivity index (χ2n) is 7.67. The number of halogens is 3. The molecule has 1 fully saturated rings. The Kier molecular flexibility index (Phi) is 6.32. The fraction of sp³-hybridized carbons (Fsp3) is 0.250. The van der Waals surface area contributed by atoms with Gasteiger partial charge in [-0.25, -0.2) is 0 Å². The Bertz CT molecular complexity index is 1090. The van der Waals surface area contributed by atoms with E-state index in [0.717, 1.165) is 12.1 Å². The zero-order valence-electron chi connectivity index (χ0n) is 17.1. The van der Waals surface area contributed by atoms with Crippen molar-refractivity contribution >= 4 is 23.2 Å². The summed E-state index contributed by atoms with van der Waals surface area (Å²) in [5, 5.41) is 6.66. The number of alkyl halides is 3. The van der Waals surface area contributed by atoms with Crippen molar-refractivity contribution in [1.29, 1.82) is 0 Å². The normalized spacial score (nSPS) is 14.9. The molecule has 4 nitrogen and oxygen atoms in total. The third-order valence-corrected chi connectivity index (χ3v) is 6.26. The molecule has 0 atom stereocenters. The van der Waals surface area contributed by atoms with Crippen molar-refractivity contribution in [2.24, 2.45) is 0 Å². The maximum atomic E-state index is 13.2. The number of nitrogens with zero attached hydrogens (tertiary/aromatic N) is 1. The lowest BCUT2D eigenvalue weighted by Crippen LogP contribution is -2.46. The van der Waals surface area contributed by atoms with Crippen LogP contribution in [0.3, 0.4) is 0 Å². The van der Waals surface area contributed by atoms with Crippen LogP contribution in [0.5, 0.6) is 0 Å². The molecule has 4 rings (SSSR count). The topological polar surface area (TPSA) is 49.4 Å². The Balaban J connectivity index is 1.44. The predicted molar refractivity (Wildman–Crippen MR) is 118 cm³/mol. The highest BCUT2D eigenvalue weighted by atomic mass is 32.1. The number of carbonyl (C=O) groups excluding carboxylic acids is 2. The van der Waals surface area contributed by atoms with Crippen LogP contribution in [0.2, 0.25) is 0 Å². The molecule has 8 heteroatoms. The standard InChI is InChI=1S/C24H21F3N2O2S/c25-24(26,27)18-7-5-16(6-8-18)20-3-1-2-4-21(20)23(31)29-12-9-19(10-13-29)28-22(30)17-11-14-32-15-17/h1-8,11,14-15,19H,9-10,12-13H2,(H,28,30). The summed E-state index contributed by atoms with van der Waals surface area (Å²) in [4.78, 5) is 27.2. The number of likely N-dealkylation sites (tertiary alicyclic amines) is 1. The summed E-state index contributed by atoms with van der Waals surface area (Å²) in [5.41, 5.74) is 1.52. The summed E-state index contributed by atoms with van der Waals surface area (Å²) in [7, 11) is 0. The van der Waals surface area contributed by atoms with Crippen LogP contribution in [-0.2, 0) is 6.18 Å². The Morgan fingerprint density at radius 3 is 2.28 bits per heavy atom. The van der Waals surface area contributed by atoms with E-state index in [2.05, 4.69) is 5.32 Å². The number of amides is 2. The molecule has 0 unspecified atom stereocenters. The van der Waals surface area contributed by atoms with Crippen LogP contribution in [0.4, 0.5) is 13.2 Å². The molecule has 2 aromatic carbocycles. The fourth-order valence-corrected chi connectivity index (χ4v) is 4.46. The minimum atomic E-state index is -4.41. The van der Waals surface area contributed by atoms with E-state index >= 15 is 0 Å². The van der Waals surface area contributed by atoms with Crippen molar-refractivity contribution in [3.63, 3.8) is 0 Å². The second kappa shape index (κ2) is 9.16. The Labute approximate surface area is 187 Å². The van der Waals surface area contributed by atoms with Gasteiger partial charge in [0.1, 0.15) is 0 Å². The number of rotatable bonds is 4. The van der Waals surface area contributed by atoms with Gasteiger partial charge in [0.15, 0.2) is 0 Å². The third kappa shape index (κ3) is 4.85. The predicted octanol–water partition coefficient (Wildman–Crippen LogP) is 5.47. The van der Waals surface area contributed by atoms with Crippen LogP contribution in [0.1, 0.15) is 39.1 Å². The van der Waals surface area contributed by atoms with E-state index in [4.69, 9.17) is 0 Å². The number of nitrogens with one attached hydrogen (secondary N) is 1. The number of carbonyl (C=O) groups is 2. The smallest absolute Gasteiger partial charge is 0.349 e. The molecule has 32 heavy (non-hydrogen) atoms. The minimum absolute atomic E-state index is 0.00314. The summed E-state index contributed by atoms with van der Waals surface area (Å²) in [6.07, 6.45) is -3.12. The van der Waals surface area contributed by atoms with Gasteiger partial charge in [-0.15, -0.1) is 0 Å². The van der Waals surface area contributed by atoms with Gasteiger partial charge < -0.3 is 10.2 Å². The SMILES string of the molecule is O=C(NC1CCN(C(=O)c2ccccc2-c2ccc(C(F)(F)F)cc2)CC1)c1ccsc1. The highest BCUT2D eigenvalue weighted by Crippen LogP contribution is 2.32. The largest absolute Gasteiger partial charge is 0.416 e. The average molecular weight is 459 g/mol. The van der Waals surface area contributed by atoms with Gasteiger partial charge in [-0.1, -0.05) is 30.3 Å². The van der Waals surface area contributed by atoms with Crippen molar-refractivity contribution in [2.45, 2.75) is 25.1 Å². The van der Waals surface area contributed by atoms with E-state index in [1.807, 2.05) is 5.38 Å². The monoisotopic (exact) mass is 458 g/mol. The zero-order valence-corrected chi connectivity index (χ0v) is 17.9. The van der Waals surface area contributed by atoms with Gasteiger partial charge in [-0.3, -0.25) is 9.59 Å². The summed E-state index contributed by atoms with van der Waals surface area (Å²) >= 11 is 1.46. The first-order valence-electron chi connectivity index (χ1n) is 10.2. The summed E-state index contributed by atoms with van der Waals surface area (Å²) in [6, 6.07) is 13.5. The molecule has 0 aliphatic carbocycles. The molecule has 1 aromatic heterocycles. The van der Waals surface area contributed by atoms with E-state index in [1.54, 1.807) is 40.6 Å². The van der Waals surface area contributed by atoms with Crippen LogP contribution < -0.4 is 5.32 Å². The molecule has 1 aliphatic rings. The minimum Gasteiger partial charge on any atom is -0.349 e. The summed E-state index contributed by atoms with van der Waals surface area (Å²) in [5.74, 6) is -0.271. The Hall–Kier alpha value is -3.13. The van der Waals surface area contributed by atoms with Crippen LogP contribution in [-0.4, -0.2) is 35.8 Å². The summed E-state index contributed by atoms with van der Waals surface area (Å²) in [6.45, 7) is 0.990. The number of thiophene rings is 1. The molecule has 1 aliphatic heterocycles. The first kappa shape index (κ1) is 22.1. The molecule has 2 amide bonds. The van der Waals surface area contributed by atoms with E-state index in [1.165, 1.54) is 23.5 Å². The first-order valence-corrected chi connectivity index (χ1v) is 11.2. The molecule has 1 saturated heterocycles. The molecule has 0 bridgehead atoms. The maximum absolute atomic E-state index is 13.2. The van der Waals surface area contributed by atoms with Gasteiger partial charge >= 0.3 is 6.18 Å². The molecule has 0 spiro atoms. The van der Waals surface area contributed by atoms with E-state index in [0.29, 0.717) is 48.2 Å². The molecule has 166 valence electrons. The molecule has 1 N–H and O–H groups in total. The Morgan fingerprint density at radius 2 is 1.66 bits per heavy atom. The van der Waals surface area contributed by atoms with Crippen LogP contribution in [0, 0.1) is 0 Å². The zero-order chi connectivity index (χ0) is 22.7. The fourth-order valence-electron chi connectivity index (χ4n) is 3.82. The Morgan fingerprint density at radius 1 is 0.969 bits per heavy atom. The van der Waals surface area contributed by atoms with E-state index in [-0.39, 0.29) is 17.9 Å². The van der Waals surface area contributed by atoms with Gasteiger partial charge in [0.2, 0.25) is 0 Å². The quantitative estimate of drug-likeness (QED) is 0.564. The van der Waals surface area contributed by atoms with Crippen molar-refractivity contribution in [3.05, 3.63) is 82.0 Å². The molecular weight excluding hydrogens is 437 g/mol. The average Bonchev–Trinajstić information content (AvgIpc) is 3.34. The highest BCUT2D eigenvalue weighted by molar-refractivity contribution is 7.08. The summed E-state index contributed by atoms with van der Waals surface area (Å²) < 4.78 is 38.6. The van der Waals surface area contributed by atoms with Gasteiger partial charge in [0, 0.05) is 35.6 Å².